The average molecular weight is 405 g/mol. The summed E-state index contributed by atoms with van der Waals surface area (Å²) in [4.78, 5) is 34.2. The van der Waals surface area contributed by atoms with Gasteiger partial charge in [-0.1, -0.05) is 45.1 Å². The molecular formula is C22H32N2O5. The lowest BCUT2D eigenvalue weighted by Gasteiger charge is -2.23. The number of carbonyl (C=O) groups excluding carboxylic acids is 2. The molecule has 29 heavy (non-hydrogen) atoms. The normalized spacial score (nSPS) is 15.5. The maximum absolute atomic E-state index is 12.2. The number of nitrogens with zero attached hydrogens (tertiary/aromatic N) is 1. The SMILES string of the molecule is CCCCC(CCCC(=O)NC1CCCCC1)Oc1cccc([N+](=O)[O-])c1C=O. The Morgan fingerprint density at radius 3 is 2.66 bits per heavy atom. The van der Waals surface area contributed by atoms with Crippen molar-refractivity contribution in [1.82, 2.24) is 5.32 Å². The molecule has 0 radical (unpaired) electrons. The number of amides is 1. The molecule has 7 nitrogen and oxygen atoms in total. The van der Waals surface area contributed by atoms with Crippen molar-refractivity contribution in [3.05, 3.63) is 33.9 Å². The van der Waals surface area contributed by atoms with E-state index >= 15 is 0 Å². The lowest BCUT2D eigenvalue weighted by Crippen LogP contribution is -2.36. The smallest absolute Gasteiger partial charge is 0.283 e. The molecule has 0 heterocycles. The van der Waals surface area contributed by atoms with Gasteiger partial charge in [-0.2, -0.15) is 0 Å². The molecule has 0 bridgehead atoms. The van der Waals surface area contributed by atoms with E-state index in [9.17, 15) is 19.7 Å². The van der Waals surface area contributed by atoms with Crippen LogP contribution in [-0.4, -0.2) is 29.3 Å². The Morgan fingerprint density at radius 1 is 1.28 bits per heavy atom. The highest BCUT2D eigenvalue weighted by Gasteiger charge is 2.21. The Balaban J connectivity index is 1.92. The summed E-state index contributed by atoms with van der Waals surface area (Å²) in [7, 11) is 0. The zero-order chi connectivity index (χ0) is 21.1. The molecule has 1 aromatic rings. The van der Waals surface area contributed by atoms with E-state index in [1.807, 2.05) is 0 Å². The fraction of sp³-hybridized carbons (Fsp3) is 0.636. The third-order valence-corrected chi connectivity index (χ3v) is 5.43. The van der Waals surface area contributed by atoms with E-state index in [1.165, 1.54) is 31.4 Å². The molecule has 1 fully saturated rings. The van der Waals surface area contributed by atoms with Crippen molar-refractivity contribution in [3.63, 3.8) is 0 Å². The van der Waals surface area contributed by atoms with Gasteiger partial charge in [-0.3, -0.25) is 19.7 Å². The van der Waals surface area contributed by atoms with Gasteiger partial charge in [0.1, 0.15) is 11.3 Å². The molecule has 2 rings (SSSR count). The monoisotopic (exact) mass is 404 g/mol. The second kappa shape index (κ2) is 12.2. The predicted molar refractivity (Wildman–Crippen MR) is 111 cm³/mol. The zero-order valence-corrected chi connectivity index (χ0v) is 17.2. The van der Waals surface area contributed by atoms with Crippen LogP contribution in [0.25, 0.3) is 0 Å². The summed E-state index contributed by atoms with van der Waals surface area (Å²) in [5, 5.41) is 14.3. The van der Waals surface area contributed by atoms with E-state index in [0.717, 1.165) is 32.1 Å². The molecule has 1 atom stereocenters. The summed E-state index contributed by atoms with van der Waals surface area (Å²) < 4.78 is 5.99. The molecule has 1 aliphatic carbocycles. The minimum Gasteiger partial charge on any atom is -0.489 e. The first kappa shape index (κ1) is 22.8. The van der Waals surface area contributed by atoms with Gasteiger partial charge < -0.3 is 10.1 Å². The molecule has 1 amide bonds. The molecule has 1 aromatic carbocycles. The topological polar surface area (TPSA) is 98.5 Å². The molecule has 1 aliphatic rings. The van der Waals surface area contributed by atoms with Crippen LogP contribution in [0, 0.1) is 10.1 Å². The number of rotatable bonds is 12. The number of nitro benzene ring substituents is 1. The largest absolute Gasteiger partial charge is 0.489 e. The number of nitrogens with one attached hydrogen (secondary N) is 1. The molecule has 1 unspecified atom stereocenters. The van der Waals surface area contributed by atoms with E-state index in [2.05, 4.69) is 12.2 Å². The van der Waals surface area contributed by atoms with Crippen LogP contribution in [0.5, 0.6) is 5.75 Å². The third kappa shape index (κ3) is 7.48. The fourth-order valence-electron chi connectivity index (χ4n) is 3.82. The van der Waals surface area contributed by atoms with Crippen LogP contribution >= 0.6 is 0 Å². The summed E-state index contributed by atoms with van der Waals surface area (Å²) in [5.41, 5.74) is -0.285. The number of benzene rings is 1. The Labute approximate surface area is 172 Å². The second-order valence-electron chi connectivity index (χ2n) is 7.74. The number of aldehydes is 1. The van der Waals surface area contributed by atoms with Gasteiger partial charge in [-0.05, 0) is 38.2 Å². The highest BCUT2D eigenvalue weighted by Crippen LogP contribution is 2.29. The van der Waals surface area contributed by atoms with Gasteiger partial charge in [0.2, 0.25) is 5.91 Å². The van der Waals surface area contributed by atoms with Crippen LogP contribution in [0.3, 0.4) is 0 Å². The molecule has 0 spiro atoms. The first-order valence-corrected chi connectivity index (χ1v) is 10.7. The standard InChI is InChI=1S/C22H32N2O5/c1-2-3-11-18(12-7-15-22(26)23-17-9-5-4-6-10-17)29-21-14-8-13-20(24(27)28)19(21)16-25/h8,13-14,16-18H,2-7,9-12,15H2,1H3,(H,23,26). The zero-order valence-electron chi connectivity index (χ0n) is 17.2. The number of nitro groups is 1. The molecule has 1 saturated carbocycles. The van der Waals surface area contributed by atoms with Crippen molar-refractivity contribution in [2.24, 2.45) is 0 Å². The Bertz CT molecular complexity index is 686. The van der Waals surface area contributed by atoms with Crippen molar-refractivity contribution >= 4 is 17.9 Å². The van der Waals surface area contributed by atoms with Crippen molar-refractivity contribution in [2.75, 3.05) is 0 Å². The first-order chi connectivity index (χ1) is 14.0. The highest BCUT2D eigenvalue weighted by atomic mass is 16.6. The van der Waals surface area contributed by atoms with E-state index in [4.69, 9.17) is 4.74 Å². The fourth-order valence-corrected chi connectivity index (χ4v) is 3.82. The van der Waals surface area contributed by atoms with Gasteiger partial charge in [0, 0.05) is 18.5 Å². The Kier molecular flexibility index (Phi) is 9.60. The molecular weight excluding hydrogens is 372 g/mol. The maximum Gasteiger partial charge on any atom is 0.283 e. The van der Waals surface area contributed by atoms with Crippen LogP contribution in [0.4, 0.5) is 5.69 Å². The van der Waals surface area contributed by atoms with Gasteiger partial charge in [0.05, 0.1) is 11.0 Å². The van der Waals surface area contributed by atoms with Crippen molar-refractivity contribution in [1.29, 1.82) is 0 Å². The van der Waals surface area contributed by atoms with E-state index in [-0.39, 0.29) is 29.0 Å². The lowest BCUT2D eigenvalue weighted by atomic mass is 9.95. The molecule has 0 aromatic heterocycles. The Morgan fingerprint density at radius 2 is 2.00 bits per heavy atom. The van der Waals surface area contributed by atoms with Crippen molar-refractivity contribution in [3.8, 4) is 5.75 Å². The van der Waals surface area contributed by atoms with Crippen LogP contribution in [-0.2, 0) is 4.79 Å². The van der Waals surface area contributed by atoms with Crippen molar-refractivity contribution < 1.29 is 19.2 Å². The average Bonchev–Trinajstić information content (AvgIpc) is 2.72. The third-order valence-electron chi connectivity index (χ3n) is 5.43. The number of unbranched alkanes of at least 4 members (excludes halogenated alkanes) is 1. The summed E-state index contributed by atoms with van der Waals surface area (Å²) in [5.74, 6) is 0.317. The lowest BCUT2D eigenvalue weighted by molar-refractivity contribution is -0.385. The number of hydrogen-bond acceptors (Lipinski definition) is 5. The summed E-state index contributed by atoms with van der Waals surface area (Å²) in [6.45, 7) is 2.08. The first-order valence-electron chi connectivity index (χ1n) is 10.7. The van der Waals surface area contributed by atoms with Crippen LogP contribution in [0.1, 0.15) is 87.9 Å². The number of carbonyl (C=O) groups is 2. The minimum atomic E-state index is -0.576. The second-order valence-corrected chi connectivity index (χ2v) is 7.74. The van der Waals surface area contributed by atoms with E-state index in [0.29, 0.717) is 31.6 Å². The van der Waals surface area contributed by atoms with Crippen LogP contribution in [0.15, 0.2) is 18.2 Å². The van der Waals surface area contributed by atoms with Gasteiger partial charge in [-0.15, -0.1) is 0 Å². The molecule has 1 N–H and O–H groups in total. The quantitative estimate of drug-likeness (QED) is 0.301. The van der Waals surface area contributed by atoms with Crippen LogP contribution in [0.2, 0.25) is 0 Å². The predicted octanol–water partition coefficient (Wildman–Crippen LogP) is 4.96. The van der Waals surface area contributed by atoms with Gasteiger partial charge in [0.25, 0.3) is 5.69 Å². The maximum atomic E-state index is 12.2. The highest BCUT2D eigenvalue weighted by molar-refractivity contribution is 5.85. The molecule has 0 saturated heterocycles. The van der Waals surface area contributed by atoms with Gasteiger partial charge in [-0.25, -0.2) is 0 Å². The van der Waals surface area contributed by atoms with E-state index < -0.39 is 4.92 Å². The van der Waals surface area contributed by atoms with Gasteiger partial charge >= 0.3 is 0 Å². The number of hydrogen-bond donors (Lipinski definition) is 1. The summed E-state index contributed by atoms with van der Waals surface area (Å²) in [6, 6.07) is 4.72. The molecule has 0 aliphatic heterocycles. The van der Waals surface area contributed by atoms with Crippen molar-refractivity contribution in [2.45, 2.75) is 89.7 Å². The molecule has 160 valence electrons. The number of ether oxygens (including phenoxy) is 1. The van der Waals surface area contributed by atoms with Gasteiger partial charge in [0.15, 0.2) is 6.29 Å². The summed E-state index contributed by atoms with van der Waals surface area (Å²) in [6.07, 6.45) is 10.5. The minimum absolute atomic E-state index is 0.0333. The Hall–Kier alpha value is -2.44. The van der Waals surface area contributed by atoms with Crippen LogP contribution < -0.4 is 10.1 Å². The van der Waals surface area contributed by atoms with E-state index in [1.54, 1.807) is 6.07 Å². The molecule has 7 heteroatoms. The summed E-state index contributed by atoms with van der Waals surface area (Å²) >= 11 is 0.